The number of fused-ring (bicyclic) bond motifs is 1. The fourth-order valence-electron chi connectivity index (χ4n) is 4.55. The Morgan fingerprint density at radius 2 is 2.00 bits per heavy atom. The van der Waals surface area contributed by atoms with Gasteiger partial charge in [0, 0.05) is 25.8 Å². The van der Waals surface area contributed by atoms with Crippen LogP contribution < -0.4 is 5.32 Å². The molecule has 1 atom stereocenters. The Bertz CT molecular complexity index is 1380. The minimum absolute atomic E-state index is 0.0903. The van der Waals surface area contributed by atoms with Gasteiger partial charge in [-0.25, -0.2) is 9.97 Å². The van der Waals surface area contributed by atoms with Gasteiger partial charge >= 0.3 is 0 Å². The summed E-state index contributed by atoms with van der Waals surface area (Å²) in [6.45, 7) is 4.76. The third-order valence-electron chi connectivity index (χ3n) is 6.19. The molecule has 4 aromatic rings. The molecule has 0 bridgehead atoms. The number of pyridine rings is 2. The van der Waals surface area contributed by atoms with Gasteiger partial charge in [-0.3, -0.25) is 14.3 Å². The van der Waals surface area contributed by atoms with E-state index in [1.54, 1.807) is 27.0 Å². The number of thiophene rings is 1. The van der Waals surface area contributed by atoms with Gasteiger partial charge in [0.05, 0.1) is 33.1 Å². The Hall–Kier alpha value is -3.59. The topological polar surface area (TPSA) is 93.0 Å². The summed E-state index contributed by atoms with van der Waals surface area (Å²) < 4.78 is 1.72. The van der Waals surface area contributed by atoms with Crippen molar-refractivity contribution in [3.8, 4) is 10.6 Å². The highest BCUT2D eigenvalue weighted by Gasteiger charge is 2.31. The van der Waals surface area contributed by atoms with Gasteiger partial charge in [-0.1, -0.05) is 12.1 Å². The standard InChI is InChI=1S/C25H26N6O2S/c1-15-7-4-10-21(26-15)28-24(32)17-8-5-11-31(14-17)25(33)18-13-19(20-9-6-12-34-20)27-23-22(18)16(2)29-30(23)3/h4,6-7,9-10,12-13,17H,5,8,11,14H2,1-3H3,(H,26,28,32). The largest absolute Gasteiger partial charge is 0.338 e. The number of rotatable bonds is 4. The van der Waals surface area contributed by atoms with E-state index >= 15 is 0 Å². The maximum Gasteiger partial charge on any atom is 0.254 e. The number of nitrogens with zero attached hydrogens (tertiary/aromatic N) is 5. The molecule has 5 rings (SSSR count). The first-order valence-electron chi connectivity index (χ1n) is 11.3. The summed E-state index contributed by atoms with van der Waals surface area (Å²) in [6, 6.07) is 11.4. The highest BCUT2D eigenvalue weighted by Crippen LogP contribution is 2.31. The number of hydrogen-bond donors (Lipinski definition) is 1. The average molecular weight is 475 g/mol. The molecule has 1 fully saturated rings. The van der Waals surface area contributed by atoms with Crippen molar-refractivity contribution >= 4 is 40.0 Å². The van der Waals surface area contributed by atoms with Gasteiger partial charge in [0.15, 0.2) is 5.65 Å². The van der Waals surface area contributed by atoms with Crippen LogP contribution in [-0.2, 0) is 11.8 Å². The van der Waals surface area contributed by atoms with Gasteiger partial charge in [0.2, 0.25) is 5.91 Å². The van der Waals surface area contributed by atoms with Crippen LogP contribution in [0.2, 0.25) is 0 Å². The van der Waals surface area contributed by atoms with Gasteiger partial charge in [0.1, 0.15) is 5.82 Å². The number of amides is 2. The number of carbonyl (C=O) groups excluding carboxylic acids is 2. The summed E-state index contributed by atoms with van der Waals surface area (Å²) in [4.78, 5) is 38.7. The molecule has 0 spiro atoms. The summed E-state index contributed by atoms with van der Waals surface area (Å²) in [5, 5.41) is 10.2. The van der Waals surface area contributed by atoms with Gasteiger partial charge in [-0.2, -0.15) is 5.10 Å². The van der Waals surface area contributed by atoms with Crippen molar-refractivity contribution in [1.82, 2.24) is 24.6 Å². The number of likely N-dealkylation sites (tertiary alicyclic amines) is 1. The molecule has 1 N–H and O–H groups in total. The Balaban J connectivity index is 1.43. The molecule has 0 saturated carbocycles. The van der Waals surface area contributed by atoms with Crippen molar-refractivity contribution in [2.45, 2.75) is 26.7 Å². The third kappa shape index (κ3) is 4.19. The number of piperidine rings is 1. The molecule has 1 saturated heterocycles. The van der Waals surface area contributed by atoms with Gasteiger partial charge in [0.25, 0.3) is 5.91 Å². The summed E-state index contributed by atoms with van der Waals surface area (Å²) in [5.41, 5.74) is 3.63. The van der Waals surface area contributed by atoms with Crippen LogP contribution in [0.3, 0.4) is 0 Å². The van der Waals surface area contributed by atoms with Crippen molar-refractivity contribution in [3.63, 3.8) is 0 Å². The monoisotopic (exact) mass is 474 g/mol. The molecule has 5 heterocycles. The van der Waals surface area contributed by atoms with E-state index in [0.717, 1.165) is 40.2 Å². The van der Waals surface area contributed by atoms with Crippen LogP contribution in [0.25, 0.3) is 21.6 Å². The lowest BCUT2D eigenvalue weighted by Gasteiger charge is -2.32. The fourth-order valence-corrected chi connectivity index (χ4v) is 5.24. The van der Waals surface area contributed by atoms with E-state index in [1.807, 2.05) is 56.6 Å². The lowest BCUT2D eigenvalue weighted by Crippen LogP contribution is -2.44. The van der Waals surface area contributed by atoms with E-state index in [4.69, 9.17) is 4.98 Å². The maximum atomic E-state index is 13.8. The minimum Gasteiger partial charge on any atom is -0.338 e. The van der Waals surface area contributed by atoms with Crippen molar-refractivity contribution in [3.05, 3.63) is 58.7 Å². The predicted octanol–water partition coefficient (Wildman–Crippen LogP) is 4.20. The van der Waals surface area contributed by atoms with Crippen LogP contribution in [0.5, 0.6) is 0 Å². The Morgan fingerprint density at radius 3 is 2.76 bits per heavy atom. The second kappa shape index (κ2) is 8.98. The molecule has 4 aromatic heterocycles. The average Bonchev–Trinajstić information content (AvgIpc) is 3.47. The highest BCUT2D eigenvalue weighted by molar-refractivity contribution is 7.13. The second-order valence-corrected chi connectivity index (χ2v) is 9.63. The number of hydrogen-bond acceptors (Lipinski definition) is 6. The van der Waals surface area contributed by atoms with E-state index in [1.165, 1.54) is 0 Å². The fraction of sp³-hybridized carbons (Fsp3) is 0.320. The number of nitrogens with one attached hydrogen (secondary N) is 1. The minimum atomic E-state index is -0.288. The summed E-state index contributed by atoms with van der Waals surface area (Å²) >= 11 is 1.58. The lowest BCUT2D eigenvalue weighted by atomic mass is 9.96. The van der Waals surface area contributed by atoms with Crippen LogP contribution in [0, 0.1) is 19.8 Å². The quantitative estimate of drug-likeness (QED) is 0.479. The molecule has 2 amide bonds. The molecule has 1 unspecified atom stereocenters. The molecule has 34 heavy (non-hydrogen) atoms. The SMILES string of the molecule is Cc1cccc(NC(=O)C2CCCN(C(=O)c3cc(-c4cccs4)nc4c3c(C)nn4C)C2)n1. The molecular formula is C25H26N6O2S. The molecule has 174 valence electrons. The van der Waals surface area contributed by atoms with E-state index < -0.39 is 0 Å². The van der Waals surface area contributed by atoms with Gasteiger partial charge in [-0.15, -0.1) is 11.3 Å². The molecule has 1 aliphatic rings. The summed E-state index contributed by atoms with van der Waals surface area (Å²) in [7, 11) is 1.84. The molecule has 9 heteroatoms. The van der Waals surface area contributed by atoms with Crippen molar-refractivity contribution in [2.75, 3.05) is 18.4 Å². The van der Waals surface area contributed by atoms with E-state index in [9.17, 15) is 9.59 Å². The summed E-state index contributed by atoms with van der Waals surface area (Å²) in [5.74, 6) is 0.0553. The smallest absolute Gasteiger partial charge is 0.254 e. The van der Waals surface area contributed by atoms with E-state index in [-0.39, 0.29) is 17.7 Å². The Kier molecular flexibility index (Phi) is 5.87. The van der Waals surface area contributed by atoms with Crippen LogP contribution in [0.4, 0.5) is 5.82 Å². The van der Waals surface area contributed by atoms with Gasteiger partial charge < -0.3 is 10.2 Å². The third-order valence-corrected chi connectivity index (χ3v) is 7.08. The van der Waals surface area contributed by atoms with Crippen LogP contribution in [0.1, 0.15) is 34.6 Å². The number of aromatic nitrogens is 4. The number of carbonyl (C=O) groups is 2. The molecule has 1 aliphatic heterocycles. The zero-order chi connectivity index (χ0) is 23.8. The first kappa shape index (κ1) is 22.2. The zero-order valence-corrected chi connectivity index (χ0v) is 20.2. The predicted molar refractivity (Wildman–Crippen MR) is 133 cm³/mol. The molecule has 0 radical (unpaired) electrons. The Labute approximate surface area is 201 Å². The van der Waals surface area contributed by atoms with Gasteiger partial charge in [-0.05, 0) is 56.3 Å². The second-order valence-electron chi connectivity index (χ2n) is 8.68. The normalized spacial score (nSPS) is 16.1. The lowest BCUT2D eigenvalue weighted by molar-refractivity contribution is -0.121. The highest BCUT2D eigenvalue weighted by atomic mass is 32.1. The first-order chi connectivity index (χ1) is 16.4. The molecule has 8 nitrogen and oxygen atoms in total. The van der Waals surface area contributed by atoms with Crippen molar-refractivity contribution in [2.24, 2.45) is 13.0 Å². The van der Waals surface area contributed by atoms with Crippen LogP contribution in [-0.4, -0.2) is 49.6 Å². The Morgan fingerprint density at radius 1 is 1.15 bits per heavy atom. The maximum absolute atomic E-state index is 13.8. The number of anilines is 1. The molecule has 0 aliphatic carbocycles. The van der Waals surface area contributed by atoms with Crippen molar-refractivity contribution in [1.29, 1.82) is 0 Å². The molecular weight excluding hydrogens is 448 g/mol. The van der Waals surface area contributed by atoms with Crippen LogP contribution >= 0.6 is 11.3 Å². The molecule has 0 aromatic carbocycles. The first-order valence-corrected chi connectivity index (χ1v) is 12.2. The van der Waals surface area contributed by atoms with Crippen molar-refractivity contribution < 1.29 is 9.59 Å². The van der Waals surface area contributed by atoms with E-state index in [2.05, 4.69) is 15.4 Å². The number of aryl methyl sites for hydroxylation is 3. The summed E-state index contributed by atoms with van der Waals surface area (Å²) in [6.07, 6.45) is 1.50. The van der Waals surface area contributed by atoms with E-state index in [0.29, 0.717) is 30.1 Å². The zero-order valence-electron chi connectivity index (χ0n) is 19.4. The van der Waals surface area contributed by atoms with Crippen LogP contribution in [0.15, 0.2) is 41.8 Å².